The fourth-order valence-electron chi connectivity index (χ4n) is 1.86. The number of aromatic nitrogens is 2. The number of methoxy groups -OCH3 is 1. The van der Waals surface area contributed by atoms with Crippen molar-refractivity contribution >= 4 is 5.91 Å². The first-order valence-electron chi connectivity index (χ1n) is 6.46. The summed E-state index contributed by atoms with van der Waals surface area (Å²) in [6.45, 7) is 6.12. The normalized spacial score (nSPS) is 10.3. The van der Waals surface area contributed by atoms with Gasteiger partial charge < -0.3 is 15.4 Å². The Balaban J connectivity index is 2.61. The van der Waals surface area contributed by atoms with E-state index in [1.54, 1.807) is 11.8 Å². The lowest BCUT2D eigenvalue weighted by atomic mass is 10.2. The first-order valence-corrected chi connectivity index (χ1v) is 6.46. The Labute approximate surface area is 118 Å². The van der Waals surface area contributed by atoms with Crippen LogP contribution in [0.25, 0.3) is 0 Å². The Bertz CT molecular complexity index is 490. The summed E-state index contributed by atoms with van der Waals surface area (Å²) in [6, 6.07) is 1.87. The van der Waals surface area contributed by atoms with E-state index in [-0.39, 0.29) is 19.0 Å². The molecule has 0 atom stereocenters. The Morgan fingerprint density at radius 3 is 2.90 bits per heavy atom. The van der Waals surface area contributed by atoms with Crippen molar-refractivity contribution in [2.24, 2.45) is 0 Å². The van der Waals surface area contributed by atoms with Gasteiger partial charge in [-0.15, -0.1) is 0 Å². The molecular formula is C13H21N5O2. The number of hydrogen-bond donors (Lipinski definition) is 2. The molecule has 0 aliphatic heterocycles. The number of carbonyl (C=O) groups is 1. The predicted octanol–water partition coefficient (Wildman–Crippen LogP) is -0.124. The zero-order valence-corrected chi connectivity index (χ0v) is 12.2. The zero-order valence-electron chi connectivity index (χ0n) is 12.2. The van der Waals surface area contributed by atoms with Crippen LogP contribution in [0, 0.1) is 25.2 Å². The Morgan fingerprint density at radius 1 is 1.50 bits per heavy atom. The molecule has 0 radical (unpaired) electrons. The van der Waals surface area contributed by atoms with E-state index in [1.807, 2.05) is 19.9 Å². The Kier molecular flexibility index (Phi) is 6.70. The molecule has 0 aliphatic carbocycles. The lowest BCUT2D eigenvalue weighted by molar-refractivity contribution is -0.121. The van der Waals surface area contributed by atoms with E-state index < -0.39 is 0 Å². The third-order valence-corrected chi connectivity index (χ3v) is 2.97. The van der Waals surface area contributed by atoms with Gasteiger partial charge in [-0.2, -0.15) is 10.4 Å². The van der Waals surface area contributed by atoms with Gasteiger partial charge in [0.25, 0.3) is 0 Å². The lowest BCUT2D eigenvalue weighted by Crippen LogP contribution is -2.28. The van der Waals surface area contributed by atoms with Crippen LogP contribution in [0.15, 0.2) is 0 Å². The van der Waals surface area contributed by atoms with E-state index >= 15 is 0 Å². The fraction of sp³-hybridized carbons (Fsp3) is 0.615. The number of ether oxygens (including phenoxy) is 1. The van der Waals surface area contributed by atoms with Crippen LogP contribution in [0.5, 0.6) is 0 Å². The summed E-state index contributed by atoms with van der Waals surface area (Å²) in [6.07, 6.45) is 0. The fourth-order valence-corrected chi connectivity index (χ4v) is 1.86. The second-order valence-electron chi connectivity index (χ2n) is 4.41. The van der Waals surface area contributed by atoms with Gasteiger partial charge in [0, 0.05) is 31.5 Å². The first-order chi connectivity index (χ1) is 9.60. The number of nitrogens with zero attached hydrogens (tertiary/aromatic N) is 3. The van der Waals surface area contributed by atoms with Crippen molar-refractivity contribution < 1.29 is 9.53 Å². The van der Waals surface area contributed by atoms with Gasteiger partial charge in [0.1, 0.15) is 13.1 Å². The molecular weight excluding hydrogens is 258 g/mol. The summed E-state index contributed by atoms with van der Waals surface area (Å²) in [5.74, 6) is -0.212. The van der Waals surface area contributed by atoms with Gasteiger partial charge in [0.2, 0.25) is 5.91 Å². The monoisotopic (exact) mass is 279 g/mol. The molecule has 0 aromatic carbocycles. The minimum absolute atomic E-state index is 0.0174. The van der Waals surface area contributed by atoms with Gasteiger partial charge in [-0.25, -0.2) is 0 Å². The van der Waals surface area contributed by atoms with Gasteiger partial charge in [-0.05, 0) is 13.8 Å². The van der Waals surface area contributed by atoms with Crippen LogP contribution >= 0.6 is 0 Å². The quantitative estimate of drug-likeness (QED) is 0.511. The van der Waals surface area contributed by atoms with Gasteiger partial charge in [-0.3, -0.25) is 9.48 Å². The Hall–Kier alpha value is -1.91. The smallest absolute Gasteiger partial charge is 0.242 e. The highest BCUT2D eigenvalue weighted by Gasteiger charge is 2.13. The lowest BCUT2D eigenvalue weighted by Gasteiger charge is -2.06. The highest BCUT2D eigenvalue weighted by molar-refractivity contribution is 5.75. The maximum Gasteiger partial charge on any atom is 0.242 e. The number of nitrogens with one attached hydrogen (secondary N) is 2. The Morgan fingerprint density at radius 2 is 2.25 bits per heavy atom. The molecule has 2 N–H and O–H groups in total. The van der Waals surface area contributed by atoms with Gasteiger partial charge in [0.15, 0.2) is 0 Å². The molecule has 1 heterocycles. The highest BCUT2D eigenvalue weighted by Crippen LogP contribution is 2.12. The molecule has 0 spiro atoms. The van der Waals surface area contributed by atoms with Crippen LogP contribution in [0.2, 0.25) is 0 Å². The van der Waals surface area contributed by atoms with Crippen molar-refractivity contribution in [2.45, 2.75) is 26.9 Å². The molecule has 7 heteroatoms. The molecule has 0 saturated carbocycles. The van der Waals surface area contributed by atoms with E-state index in [1.165, 1.54) is 0 Å². The minimum atomic E-state index is -0.212. The molecule has 0 saturated heterocycles. The average molecular weight is 279 g/mol. The third-order valence-electron chi connectivity index (χ3n) is 2.97. The maximum absolute atomic E-state index is 11.6. The van der Waals surface area contributed by atoms with Crippen LogP contribution in [0.1, 0.15) is 17.0 Å². The average Bonchev–Trinajstić information content (AvgIpc) is 2.68. The van der Waals surface area contributed by atoms with E-state index in [2.05, 4.69) is 15.7 Å². The molecule has 0 bridgehead atoms. The van der Waals surface area contributed by atoms with Crippen molar-refractivity contribution in [3.05, 3.63) is 17.0 Å². The van der Waals surface area contributed by atoms with Crippen LogP contribution in [0.3, 0.4) is 0 Å². The largest absolute Gasteiger partial charge is 0.383 e. The van der Waals surface area contributed by atoms with Crippen LogP contribution in [-0.4, -0.2) is 42.5 Å². The molecule has 7 nitrogen and oxygen atoms in total. The summed E-state index contributed by atoms with van der Waals surface area (Å²) in [4.78, 5) is 11.6. The topological polar surface area (TPSA) is 92.0 Å². The maximum atomic E-state index is 11.6. The van der Waals surface area contributed by atoms with Crippen molar-refractivity contribution in [1.82, 2.24) is 20.4 Å². The molecule has 1 amide bonds. The standard InChI is InChI=1S/C13H21N5O2/c1-10-12(8-15-6-7-20-3)11(2)18(17-10)9-13(19)16-5-4-14/h15H,5-9H2,1-3H3,(H,16,19). The third kappa shape index (κ3) is 4.64. The van der Waals surface area contributed by atoms with Gasteiger partial charge in [0.05, 0.1) is 18.4 Å². The molecule has 110 valence electrons. The predicted molar refractivity (Wildman–Crippen MR) is 73.9 cm³/mol. The summed E-state index contributed by atoms with van der Waals surface area (Å²) < 4.78 is 6.64. The molecule has 20 heavy (non-hydrogen) atoms. The van der Waals surface area contributed by atoms with Crippen LogP contribution < -0.4 is 10.6 Å². The minimum Gasteiger partial charge on any atom is -0.383 e. The van der Waals surface area contributed by atoms with Crippen molar-refractivity contribution in [1.29, 1.82) is 5.26 Å². The van der Waals surface area contributed by atoms with Crippen LogP contribution in [0.4, 0.5) is 0 Å². The van der Waals surface area contributed by atoms with E-state index in [0.29, 0.717) is 13.2 Å². The van der Waals surface area contributed by atoms with Crippen molar-refractivity contribution in [3.8, 4) is 6.07 Å². The van der Waals surface area contributed by atoms with E-state index in [0.717, 1.165) is 23.5 Å². The van der Waals surface area contributed by atoms with Gasteiger partial charge in [-0.1, -0.05) is 0 Å². The second kappa shape index (κ2) is 8.30. The van der Waals surface area contributed by atoms with Gasteiger partial charge >= 0.3 is 0 Å². The highest BCUT2D eigenvalue weighted by atomic mass is 16.5. The van der Waals surface area contributed by atoms with Crippen molar-refractivity contribution in [3.63, 3.8) is 0 Å². The number of rotatable bonds is 8. The van der Waals surface area contributed by atoms with Crippen LogP contribution in [-0.2, 0) is 22.6 Å². The molecule has 0 aliphatic rings. The van der Waals surface area contributed by atoms with Crippen molar-refractivity contribution in [2.75, 3.05) is 26.8 Å². The number of hydrogen-bond acceptors (Lipinski definition) is 5. The molecule has 1 aromatic rings. The second-order valence-corrected chi connectivity index (χ2v) is 4.41. The summed E-state index contributed by atoms with van der Waals surface area (Å²) >= 11 is 0. The van der Waals surface area contributed by atoms with E-state index in [4.69, 9.17) is 10.00 Å². The SMILES string of the molecule is COCCNCc1c(C)nn(CC(=O)NCC#N)c1C. The first kappa shape index (κ1) is 16.1. The number of nitriles is 1. The number of amides is 1. The summed E-state index contributed by atoms with van der Waals surface area (Å²) in [5, 5.41) is 18.5. The number of aryl methyl sites for hydroxylation is 1. The molecule has 0 fully saturated rings. The number of carbonyl (C=O) groups excluding carboxylic acids is 1. The summed E-state index contributed by atoms with van der Waals surface area (Å²) in [7, 11) is 1.66. The molecule has 1 aromatic heterocycles. The van der Waals surface area contributed by atoms with E-state index in [9.17, 15) is 4.79 Å². The molecule has 0 unspecified atom stereocenters. The summed E-state index contributed by atoms with van der Waals surface area (Å²) in [5.41, 5.74) is 2.95. The molecule has 1 rings (SSSR count). The zero-order chi connectivity index (χ0) is 15.0.